The van der Waals surface area contributed by atoms with E-state index in [0.717, 1.165) is 27.7 Å². The highest BCUT2D eigenvalue weighted by Gasteiger charge is 1.99. The Balaban J connectivity index is 2.11. The molecular formula is C14H20Br2O. The van der Waals surface area contributed by atoms with Crippen molar-refractivity contribution in [3.63, 3.8) is 0 Å². The molecule has 0 radical (unpaired) electrons. The summed E-state index contributed by atoms with van der Waals surface area (Å²) in [5.41, 5.74) is 0. The van der Waals surface area contributed by atoms with Gasteiger partial charge in [0.05, 0.1) is 6.61 Å². The van der Waals surface area contributed by atoms with Crippen LogP contribution in [0, 0.1) is 0 Å². The van der Waals surface area contributed by atoms with Crippen molar-refractivity contribution in [1.29, 1.82) is 0 Å². The first kappa shape index (κ1) is 15.0. The Kier molecular flexibility index (Phi) is 7.95. The van der Waals surface area contributed by atoms with Gasteiger partial charge in [0.25, 0.3) is 0 Å². The van der Waals surface area contributed by atoms with Crippen LogP contribution in [0.4, 0.5) is 0 Å². The molecule has 0 aliphatic rings. The van der Waals surface area contributed by atoms with Crippen LogP contribution in [0.15, 0.2) is 27.1 Å². The van der Waals surface area contributed by atoms with Gasteiger partial charge in [0, 0.05) is 8.95 Å². The topological polar surface area (TPSA) is 9.23 Å². The maximum Gasteiger partial charge on any atom is 0.120 e. The van der Waals surface area contributed by atoms with Crippen molar-refractivity contribution in [1.82, 2.24) is 0 Å². The van der Waals surface area contributed by atoms with Crippen LogP contribution >= 0.6 is 31.9 Å². The zero-order chi connectivity index (χ0) is 12.5. The molecule has 1 rings (SSSR count). The van der Waals surface area contributed by atoms with E-state index in [0.29, 0.717) is 0 Å². The van der Waals surface area contributed by atoms with Crippen molar-refractivity contribution < 1.29 is 4.74 Å². The minimum Gasteiger partial charge on any atom is -0.494 e. The monoisotopic (exact) mass is 362 g/mol. The lowest BCUT2D eigenvalue weighted by atomic mass is 10.1. The highest BCUT2D eigenvalue weighted by atomic mass is 79.9. The zero-order valence-corrected chi connectivity index (χ0v) is 13.5. The lowest BCUT2D eigenvalue weighted by molar-refractivity contribution is 0.304. The molecular weight excluding hydrogens is 344 g/mol. The number of hydrogen-bond donors (Lipinski definition) is 0. The molecule has 0 fully saturated rings. The summed E-state index contributed by atoms with van der Waals surface area (Å²) in [4.78, 5) is 0. The van der Waals surface area contributed by atoms with E-state index in [2.05, 4.69) is 38.8 Å². The summed E-state index contributed by atoms with van der Waals surface area (Å²) in [6.45, 7) is 3.06. The van der Waals surface area contributed by atoms with Gasteiger partial charge in [0.15, 0.2) is 0 Å². The van der Waals surface area contributed by atoms with Crippen molar-refractivity contribution in [3.05, 3.63) is 27.1 Å². The minimum absolute atomic E-state index is 0.820. The molecule has 0 amide bonds. The SMILES string of the molecule is CCCCCCCCOc1ccc(Br)c(Br)c1. The summed E-state index contributed by atoms with van der Waals surface area (Å²) < 4.78 is 7.80. The molecule has 1 aromatic rings. The highest BCUT2D eigenvalue weighted by molar-refractivity contribution is 9.13. The van der Waals surface area contributed by atoms with Crippen molar-refractivity contribution in [2.45, 2.75) is 45.4 Å². The molecule has 0 spiro atoms. The van der Waals surface area contributed by atoms with E-state index in [9.17, 15) is 0 Å². The maximum absolute atomic E-state index is 5.70. The molecule has 1 nitrogen and oxygen atoms in total. The van der Waals surface area contributed by atoms with E-state index >= 15 is 0 Å². The normalized spacial score (nSPS) is 10.5. The van der Waals surface area contributed by atoms with E-state index in [1.807, 2.05) is 18.2 Å². The van der Waals surface area contributed by atoms with Gasteiger partial charge in [-0.1, -0.05) is 39.0 Å². The Labute approximate surface area is 121 Å². The number of benzene rings is 1. The predicted octanol–water partition coefficient (Wildman–Crippen LogP) is 5.95. The van der Waals surface area contributed by atoms with Gasteiger partial charge in [-0.05, 0) is 56.5 Å². The van der Waals surface area contributed by atoms with Gasteiger partial charge >= 0.3 is 0 Å². The van der Waals surface area contributed by atoms with Gasteiger partial charge in [0.1, 0.15) is 5.75 Å². The van der Waals surface area contributed by atoms with E-state index in [-0.39, 0.29) is 0 Å². The highest BCUT2D eigenvalue weighted by Crippen LogP contribution is 2.27. The Morgan fingerprint density at radius 1 is 0.941 bits per heavy atom. The molecule has 0 unspecified atom stereocenters. The largest absolute Gasteiger partial charge is 0.494 e. The van der Waals surface area contributed by atoms with Crippen LogP contribution in [0.2, 0.25) is 0 Å². The predicted molar refractivity (Wildman–Crippen MR) is 80.7 cm³/mol. The van der Waals surface area contributed by atoms with Gasteiger partial charge in [-0.15, -0.1) is 0 Å². The van der Waals surface area contributed by atoms with Crippen LogP contribution in [-0.4, -0.2) is 6.61 Å². The van der Waals surface area contributed by atoms with Crippen molar-refractivity contribution >= 4 is 31.9 Å². The van der Waals surface area contributed by atoms with E-state index in [1.165, 1.54) is 32.1 Å². The summed E-state index contributed by atoms with van der Waals surface area (Å²) >= 11 is 6.91. The van der Waals surface area contributed by atoms with Gasteiger partial charge in [-0.25, -0.2) is 0 Å². The maximum atomic E-state index is 5.70. The molecule has 0 aromatic heterocycles. The van der Waals surface area contributed by atoms with Crippen molar-refractivity contribution in [2.24, 2.45) is 0 Å². The van der Waals surface area contributed by atoms with E-state index in [4.69, 9.17) is 4.74 Å². The average molecular weight is 364 g/mol. The summed E-state index contributed by atoms with van der Waals surface area (Å²) in [5, 5.41) is 0. The molecule has 0 saturated carbocycles. The Hall–Kier alpha value is -0.0200. The van der Waals surface area contributed by atoms with Gasteiger partial charge in [0.2, 0.25) is 0 Å². The molecule has 0 N–H and O–H groups in total. The fourth-order valence-corrected chi connectivity index (χ4v) is 2.24. The average Bonchev–Trinajstić information content (AvgIpc) is 2.32. The second-order valence-electron chi connectivity index (χ2n) is 4.19. The van der Waals surface area contributed by atoms with Crippen molar-refractivity contribution in [2.75, 3.05) is 6.61 Å². The molecule has 0 atom stereocenters. The van der Waals surface area contributed by atoms with Gasteiger partial charge in [-0.2, -0.15) is 0 Å². The van der Waals surface area contributed by atoms with Crippen LogP contribution in [0.5, 0.6) is 5.75 Å². The fourth-order valence-electron chi connectivity index (χ4n) is 1.64. The second-order valence-corrected chi connectivity index (χ2v) is 5.90. The third kappa shape index (κ3) is 6.46. The van der Waals surface area contributed by atoms with Gasteiger partial charge in [-0.3, -0.25) is 0 Å². The Morgan fingerprint density at radius 3 is 2.35 bits per heavy atom. The lowest BCUT2D eigenvalue weighted by Gasteiger charge is -2.07. The number of hydrogen-bond acceptors (Lipinski definition) is 1. The molecule has 1 aromatic carbocycles. The lowest BCUT2D eigenvalue weighted by Crippen LogP contribution is -1.97. The fraction of sp³-hybridized carbons (Fsp3) is 0.571. The summed E-state index contributed by atoms with van der Waals surface area (Å²) in [6.07, 6.45) is 7.79. The first-order chi connectivity index (χ1) is 8.24. The standard InChI is InChI=1S/C14H20Br2O/c1-2-3-4-5-6-7-10-17-12-8-9-13(15)14(16)11-12/h8-9,11H,2-7,10H2,1H3. The van der Waals surface area contributed by atoms with Crippen LogP contribution in [-0.2, 0) is 0 Å². The molecule has 0 bridgehead atoms. The number of rotatable bonds is 8. The Morgan fingerprint density at radius 2 is 1.65 bits per heavy atom. The van der Waals surface area contributed by atoms with Crippen LogP contribution in [0.1, 0.15) is 45.4 Å². The summed E-state index contributed by atoms with van der Waals surface area (Å²) in [7, 11) is 0. The quantitative estimate of drug-likeness (QED) is 0.518. The smallest absolute Gasteiger partial charge is 0.120 e. The summed E-state index contributed by atoms with van der Waals surface area (Å²) in [5.74, 6) is 0.939. The third-order valence-corrected chi connectivity index (χ3v) is 4.54. The zero-order valence-electron chi connectivity index (χ0n) is 10.3. The molecule has 3 heteroatoms. The van der Waals surface area contributed by atoms with Crippen LogP contribution < -0.4 is 4.74 Å². The minimum atomic E-state index is 0.820. The second kappa shape index (κ2) is 8.98. The van der Waals surface area contributed by atoms with Crippen LogP contribution in [0.25, 0.3) is 0 Å². The molecule has 17 heavy (non-hydrogen) atoms. The van der Waals surface area contributed by atoms with Crippen LogP contribution in [0.3, 0.4) is 0 Å². The number of halogens is 2. The Bertz CT molecular complexity index is 326. The van der Waals surface area contributed by atoms with E-state index in [1.54, 1.807) is 0 Å². The summed E-state index contributed by atoms with van der Waals surface area (Å²) in [6, 6.07) is 5.99. The molecule has 0 heterocycles. The number of unbranched alkanes of at least 4 members (excludes halogenated alkanes) is 5. The van der Waals surface area contributed by atoms with E-state index < -0.39 is 0 Å². The first-order valence-electron chi connectivity index (χ1n) is 6.32. The van der Waals surface area contributed by atoms with Gasteiger partial charge < -0.3 is 4.74 Å². The third-order valence-electron chi connectivity index (χ3n) is 2.66. The molecule has 96 valence electrons. The molecule has 0 aliphatic heterocycles. The first-order valence-corrected chi connectivity index (χ1v) is 7.90. The van der Waals surface area contributed by atoms with Crippen molar-refractivity contribution in [3.8, 4) is 5.75 Å². The molecule has 0 saturated heterocycles. The molecule has 0 aliphatic carbocycles. The number of ether oxygens (including phenoxy) is 1.